The number of benzene rings is 1. The number of carbonyl (C=O) groups is 1. The number of hydrogen-bond acceptors (Lipinski definition) is 1. The predicted octanol–water partition coefficient (Wildman–Crippen LogP) is 3.53. The van der Waals surface area contributed by atoms with Gasteiger partial charge in [0.1, 0.15) is 0 Å². The maximum absolute atomic E-state index is 12.4. The smallest absolute Gasteiger partial charge is 0.416 e. The fraction of sp³-hybridized carbons (Fsp3) is 0.462. The maximum atomic E-state index is 12.4. The summed E-state index contributed by atoms with van der Waals surface area (Å²) in [6.45, 7) is 3.63. The summed E-state index contributed by atoms with van der Waals surface area (Å²) in [6, 6.07) is 4.75. The van der Waals surface area contributed by atoms with Crippen LogP contribution in [0.1, 0.15) is 30.9 Å². The van der Waals surface area contributed by atoms with Crippen molar-refractivity contribution in [2.24, 2.45) is 11.3 Å². The van der Waals surface area contributed by atoms with Crippen LogP contribution in [0.3, 0.4) is 0 Å². The molecular formula is C13H13F3O2. The highest BCUT2D eigenvalue weighted by molar-refractivity contribution is 5.77. The Kier molecular flexibility index (Phi) is 2.68. The molecule has 2 nitrogen and oxygen atoms in total. The molecule has 1 aromatic rings. The van der Waals surface area contributed by atoms with E-state index in [9.17, 15) is 18.0 Å². The highest BCUT2D eigenvalue weighted by atomic mass is 19.4. The van der Waals surface area contributed by atoms with Crippen molar-refractivity contribution in [2.75, 3.05) is 0 Å². The third-order valence-electron chi connectivity index (χ3n) is 3.69. The minimum absolute atomic E-state index is 0.211. The van der Waals surface area contributed by atoms with Gasteiger partial charge in [-0.3, -0.25) is 4.79 Å². The number of carboxylic acids is 1. The van der Waals surface area contributed by atoms with Crippen LogP contribution in [0.25, 0.3) is 0 Å². The predicted molar refractivity (Wildman–Crippen MR) is 59.1 cm³/mol. The van der Waals surface area contributed by atoms with Crippen LogP contribution in [0.15, 0.2) is 24.3 Å². The Morgan fingerprint density at radius 2 is 1.72 bits per heavy atom. The molecule has 5 heteroatoms. The van der Waals surface area contributed by atoms with Gasteiger partial charge in [0.25, 0.3) is 0 Å². The van der Waals surface area contributed by atoms with Crippen molar-refractivity contribution in [3.05, 3.63) is 35.4 Å². The largest absolute Gasteiger partial charge is 0.481 e. The Labute approximate surface area is 102 Å². The van der Waals surface area contributed by atoms with Crippen LogP contribution in [0.2, 0.25) is 0 Å². The van der Waals surface area contributed by atoms with Gasteiger partial charge in [0, 0.05) is 5.92 Å². The molecule has 0 bridgehead atoms. The van der Waals surface area contributed by atoms with E-state index in [4.69, 9.17) is 5.11 Å². The fourth-order valence-electron chi connectivity index (χ4n) is 2.60. The van der Waals surface area contributed by atoms with Crippen molar-refractivity contribution < 1.29 is 23.1 Å². The highest BCUT2D eigenvalue weighted by Crippen LogP contribution is 2.64. The van der Waals surface area contributed by atoms with Crippen molar-refractivity contribution in [2.45, 2.75) is 25.9 Å². The van der Waals surface area contributed by atoms with Crippen molar-refractivity contribution in [1.29, 1.82) is 0 Å². The Balaban J connectivity index is 2.25. The minimum Gasteiger partial charge on any atom is -0.481 e. The molecule has 1 aliphatic rings. The van der Waals surface area contributed by atoms with Crippen LogP contribution in [-0.4, -0.2) is 11.1 Å². The number of rotatable bonds is 2. The molecule has 1 saturated carbocycles. The first-order valence-electron chi connectivity index (χ1n) is 5.55. The topological polar surface area (TPSA) is 37.3 Å². The first-order valence-corrected chi connectivity index (χ1v) is 5.55. The number of alkyl halides is 3. The molecule has 1 fully saturated rings. The number of halogens is 3. The molecule has 1 N–H and O–H groups in total. The van der Waals surface area contributed by atoms with E-state index in [2.05, 4.69) is 0 Å². The molecule has 0 amide bonds. The second-order valence-corrected chi connectivity index (χ2v) is 5.23. The highest BCUT2D eigenvalue weighted by Gasteiger charge is 2.62. The average molecular weight is 258 g/mol. The minimum atomic E-state index is -4.36. The molecule has 2 rings (SSSR count). The zero-order valence-corrected chi connectivity index (χ0v) is 9.95. The van der Waals surface area contributed by atoms with E-state index in [0.717, 1.165) is 12.1 Å². The van der Waals surface area contributed by atoms with Crippen LogP contribution in [0.4, 0.5) is 13.2 Å². The van der Waals surface area contributed by atoms with Crippen molar-refractivity contribution in [3.8, 4) is 0 Å². The third kappa shape index (κ3) is 1.98. The molecule has 2 atom stereocenters. The Morgan fingerprint density at radius 1 is 1.22 bits per heavy atom. The molecule has 2 unspecified atom stereocenters. The average Bonchev–Trinajstić information content (AvgIpc) is 2.80. The van der Waals surface area contributed by atoms with Crippen LogP contribution in [0, 0.1) is 11.3 Å². The molecule has 0 spiro atoms. The van der Waals surface area contributed by atoms with Gasteiger partial charge in [-0.05, 0) is 23.1 Å². The summed E-state index contributed by atoms with van der Waals surface area (Å²) in [5, 5.41) is 9.02. The normalized spacial score (nSPS) is 25.8. The zero-order chi connectivity index (χ0) is 13.7. The van der Waals surface area contributed by atoms with Crippen LogP contribution in [0.5, 0.6) is 0 Å². The standard InChI is InChI=1S/C13H13F3O2/c1-12(2)9(10(12)11(17)18)7-3-5-8(6-4-7)13(14,15)16/h3-6,9-10H,1-2H3,(H,17,18). The number of hydrogen-bond donors (Lipinski definition) is 1. The van der Waals surface area contributed by atoms with Crippen molar-refractivity contribution in [3.63, 3.8) is 0 Å². The van der Waals surface area contributed by atoms with Gasteiger partial charge >= 0.3 is 12.1 Å². The quantitative estimate of drug-likeness (QED) is 0.881. The van der Waals surface area contributed by atoms with Gasteiger partial charge in [0.2, 0.25) is 0 Å². The van der Waals surface area contributed by atoms with Crippen LogP contribution in [-0.2, 0) is 11.0 Å². The second-order valence-electron chi connectivity index (χ2n) is 5.23. The van der Waals surface area contributed by atoms with Crippen molar-refractivity contribution in [1.82, 2.24) is 0 Å². The van der Waals surface area contributed by atoms with Gasteiger partial charge < -0.3 is 5.11 Å². The molecule has 1 aliphatic carbocycles. The molecular weight excluding hydrogens is 245 g/mol. The first kappa shape index (κ1) is 12.9. The summed E-state index contributed by atoms with van der Waals surface area (Å²) in [5.41, 5.74) is -0.456. The van der Waals surface area contributed by atoms with E-state index >= 15 is 0 Å². The molecule has 0 aromatic heterocycles. The second kappa shape index (κ2) is 3.73. The van der Waals surface area contributed by atoms with E-state index in [1.54, 1.807) is 0 Å². The Morgan fingerprint density at radius 3 is 2.06 bits per heavy atom. The lowest BCUT2D eigenvalue weighted by atomic mass is 10.0. The lowest BCUT2D eigenvalue weighted by Gasteiger charge is -2.08. The van der Waals surface area contributed by atoms with Gasteiger partial charge in [0.05, 0.1) is 11.5 Å². The summed E-state index contributed by atoms with van der Waals surface area (Å²) < 4.78 is 37.2. The Bertz CT molecular complexity index is 474. The lowest BCUT2D eigenvalue weighted by molar-refractivity contribution is -0.139. The van der Waals surface area contributed by atoms with Crippen LogP contribution >= 0.6 is 0 Å². The lowest BCUT2D eigenvalue weighted by Crippen LogP contribution is -2.04. The molecule has 1 aromatic carbocycles. The molecule has 0 heterocycles. The van der Waals surface area contributed by atoms with E-state index < -0.39 is 29.0 Å². The van der Waals surface area contributed by atoms with Gasteiger partial charge in [-0.2, -0.15) is 13.2 Å². The maximum Gasteiger partial charge on any atom is 0.416 e. The van der Waals surface area contributed by atoms with Gasteiger partial charge in [-0.25, -0.2) is 0 Å². The van der Waals surface area contributed by atoms with E-state index in [1.807, 2.05) is 13.8 Å². The molecule has 0 saturated heterocycles. The zero-order valence-electron chi connectivity index (χ0n) is 9.95. The fourth-order valence-corrected chi connectivity index (χ4v) is 2.60. The van der Waals surface area contributed by atoms with Crippen LogP contribution < -0.4 is 0 Å². The molecule has 18 heavy (non-hydrogen) atoms. The summed E-state index contributed by atoms with van der Waals surface area (Å²) in [4.78, 5) is 11.0. The molecule has 98 valence electrons. The molecule has 0 radical (unpaired) electrons. The summed E-state index contributed by atoms with van der Waals surface area (Å²) in [6.07, 6.45) is -4.36. The van der Waals surface area contributed by atoms with Gasteiger partial charge in [-0.1, -0.05) is 26.0 Å². The third-order valence-corrected chi connectivity index (χ3v) is 3.69. The number of aliphatic carboxylic acids is 1. The van der Waals surface area contributed by atoms with Gasteiger partial charge in [-0.15, -0.1) is 0 Å². The van der Waals surface area contributed by atoms with Gasteiger partial charge in [0.15, 0.2) is 0 Å². The Hall–Kier alpha value is -1.52. The monoisotopic (exact) mass is 258 g/mol. The van der Waals surface area contributed by atoms with E-state index in [0.29, 0.717) is 5.56 Å². The van der Waals surface area contributed by atoms with Crippen molar-refractivity contribution >= 4 is 5.97 Å². The van der Waals surface area contributed by atoms with E-state index in [-0.39, 0.29) is 5.92 Å². The molecule has 0 aliphatic heterocycles. The summed E-state index contributed by atoms with van der Waals surface area (Å²) in [7, 11) is 0. The van der Waals surface area contributed by atoms with E-state index in [1.165, 1.54) is 12.1 Å². The SMILES string of the molecule is CC1(C)C(C(=O)O)C1c1ccc(C(F)(F)F)cc1. The summed E-state index contributed by atoms with van der Waals surface area (Å²) >= 11 is 0. The first-order chi connectivity index (χ1) is 8.15. The number of carboxylic acid groups (broad SMARTS) is 1. The summed E-state index contributed by atoms with van der Waals surface area (Å²) in [5.74, 6) is -1.63.